The Hall–Kier alpha value is -3.55. The lowest BCUT2D eigenvalue weighted by atomic mass is 9.75. The second-order valence-electron chi connectivity index (χ2n) is 8.36. The van der Waals surface area contributed by atoms with Crippen LogP contribution in [0.2, 0.25) is 0 Å². The van der Waals surface area contributed by atoms with E-state index in [1.165, 1.54) is 19.2 Å². The van der Waals surface area contributed by atoms with Crippen LogP contribution in [0.25, 0.3) is 0 Å². The molecule has 186 valence electrons. The molecule has 0 unspecified atom stereocenters. The quantitative estimate of drug-likeness (QED) is 0.307. The zero-order chi connectivity index (χ0) is 25.4. The number of anilines is 2. The number of esters is 1. The van der Waals surface area contributed by atoms with E-state index in [2.05, 4.69) is 4.98 Å². The number of rotatable bonds is 11. The number of carbonyl (C=O) groups is 1. The van der Waals surface area contributed by atoms with E-state index in [0.717, 1.165) is 24.5 Å². The minimum atomic E-state index is -0.700. The van der Waals surface area contributed by atoms with Crippen molar-refractivity contribution in [2.24, 2.45) is 0 Å². The van der Waals surface area contributed by atoms with Gasteiger partial charge in [0.25, 0.3) is 0 Å². The molecule has 3 rings (SSSR count). The maximum atomic E-state index is 14.9. The number of methoxy groups -OCH3 is 2. The summed E-state index contributed by atoms with van der Waals surface area (Å²) in [7, 11) is 2.96. The first-order valence-corrected chi connectivity index (χ1v) is 11.6. The van der Waals surface area contributed by atoms with Crippen molar-refractivity contribution in [2.75, 3.05) is 19.1 Å². The van der Waals surface area contributed by atoms with Crippen LogP contribution in [0.5, 0.6) is 5.75 Å². The van der Waals surface area contributed by atoms with Crippen molar-refractivity contribution in [3.8, 4) is 5.75 Å². The second-order valence-corrected chi connectivity index (χ2v) is 8.36. The fraction of sp³-hybridized carbons (Fsp3) is 0.370. The Labute approximate surface area is 204 Å². The van der Waals surface area contributed by atoms with E-state index in [1.807, 2.05) is 38.1 Å². The molecule has 0 bridgehead atoms. The molecule has 0 saturated heterocycles. The van der Waals surface area contributed by atoms with Crippen LogP contribution in [0.3, 0.4) is 0 Å². The monoisotopic (exact) mass is 483 g/mol. The molecule has 0 aliphatic heterocycles. The van der Waals surface area contributed by atoms with Crippen molar-refractivity contribution in [3.05, 3.63) is 77.8 Å². The topological polar surface area (TPSA) is 64.5 Å². The highest BCUT2D eigenvalue weighted by molar-refractivity contribution is 5.69. The molecule has 0 atom stereocenters. The summed E-state index contributed by atoms with van der Waals surface area (Å²) in [5, 5.41) is 0. The maximum Gasteiger partial charge on any atom is 0.305 e. The lowest BCUT2D eigenvalue weighted by Crippen LogP contribution is -2.29. The first kappa shape index (κ1) is 26.1. The third kappa shape index (κ3) is 6.12. The van der Waals surface area contributed by atoms with Crippen LogP contribution >= 0.6 is 0 Å². The second kappa shape index (κ2) is 11.7. The van der Waals surface area contributed by atoms with Gasteiger partial charge in [0, 0.05) is 30.6 Å². The van der Waals surface area contributed by atoms with Gasteiger partial charge < -0.3 is 14.4 Å². The summed E-state index contributed by atoms with van der Waals surface area (Å²) in [5.74, 6) is -0.512. The van der Waals surface area contributed by atoms with Gasteiger partial charge in [0.2, 0.25) is 0 Å². The van der Waals surface area contributed by atoms with E-state index < -0.39 is 17.0 Å². The molecule has 2 aromatic carbocycles. The lowest BCUT2D eigenvalue weighted by Gasteiger charge is -2.32. The van der Waals surface area contributed by atoms with Crippen molar-refractivity contribution in [3.63, 3.8) is 0 Å². The highest BCUT2D eigenvalue weighted by Gasteiger charge is 2.32. The van der Waals surface area contributed by atoms with Crippen LogP contribution in [-0.4, -0.2) is 30.2 Å². The average Bonchev–Trinajstić information content (AvgIpc) is 2.89. The minimum absolute atomic E-state index is 0.182. The van der Waals surface area contributed by atoms with Gasteiger partial charge >= 0.3 is 5.97 Å². The van der Waals surface area contributed by atoms with Crippen molar-refractivity contribution in [1.29, 1.82) is 0 Å². The molecule has 0 fully saturated rings. The molecule has 1 aromatic heterocycles. The molecule has 0 spiro atoms. The van der Waals surface area contributed by atoms with Gasteiger partial charge in [-0.1, -0.05) is 26.0 Å². The number of carbonyl (C=O) groups excluding carboxylic acids is 1. The van der Waals surface area contributed by atoms with E-state index >= 15 is 0 Å². The van der Waals surface area contributed by atoms with E-state index in [0.29, 0.717) is 23.7 Å². The van der Waals surface area contributed by atoms with Gasteiger partial charge in [-0.05, 0) is 49.1 Å². The summed E-state index contributed by atoms with van der Waals surface area (Å²) in [6.07, 6.45) is 5.54. The molecule has 0 amide bonds. The fourth-order valence-corrected chi connectivity index (χ4v) is 4.18. The molecule has 6 nitrogen and oxygen atoms in total. The van der Waals surface area contributed by atoms with Crippen LogP contribution < -0.4 is 9.64 Å². The summed E-state index contributed by atoms with van der Waals surface area (Å²) in [5.41, 5.74) is 1.38. The summed E-state index contributed by atoms with van der Waals surface area (Å²) in [6.45, 7) is 4.37. The van der Waals surface area contributed by atoms with E-state index in [9.17, 15) is 13.6 Å². The highest BCUT2D eigenvalue weighted by atomic mass is 19.1. The molecule has 8 heteroatoms. The fourth-order valence-electron chi connectivity index (χ4n) is 4.18. The SMILES string of the molecule is CCC(CC)(CCC(=O)OC)c1cncc(N(Cc2ccc(OC)cc2)c2ccc(F)cc2F)n1. The largest absolute Gasteiger partial charge is 0.497 e. The molecule has 0 aliphatic carbocycles. The number of hydrogen-bond donors (Lipinski definition) is 0. The number of nitrogens with zero attached hydrogens (tertiary/aromatic N) is 3. The van der Waals surface area contributed by atoms with E-state index in [1.54, 1.807) is 24.4 Å². The van der Waals surface area contributed by atoms with Gasteiger partial charge in [-0.2, -0.15) is 0 Å². The van der Waals surface area contributed by atoms with Gasteiger partial charge in [-0.15, -0.1) is 0 Å². The molecule has 3 aromatic rings. The first-order valence-electron chi connectivity index (χ1n) is 11.6. The van der Waals surface area contributed by atoms with Crippen LogP contribution in [0.1, 0.15) is 50.8 Å². The van der Waals surface area contributed by atoms with Crippen LogP contribution in [0, 0.1) is 11.6 Å². The van der Waals surface area contributed by atoms with Gasteiger partial charge in [-0.25, -0.2) is 13.8 Å². The van der Waals surface area contributed by atoms with Gasteiger partial charge in [0.05, 0.1) is 31.8 Å². The standard InChI is InChI=1S/C27H31F2N3O3/c1-5-27(6-2,14-13-26(33)35-4)24-16-30-17-25(31-24)32(23-12-9-20(28)15-22(23)29)18-19-7-10-21(34-3)11-8-19/h7-12,15-17H,5-6,13-14,18H2,1-4H3. The number of ether oxygens (including phenoxy) is 2. The van der Waals surface area contributed by atoms with Crippen molar-refractivity contribution < 1.29 is 23.0 Å². The van der Waals surface area contributed by atoms with Crippen LogP contribution in [0.4, 0.5) is 20.3 Å². The normalized spacial score (nSPS) is 11.3. The van der Waals surface area contributed by atoms with Crippen molar-refractivity contribution in [2.45, 2.75) is 51.5 Å². The molecule has 35 heavy (non-hydrogen) atoms. The number of hydrogen-bond acceptors (Lipinski definition) is 6. The Morgan fingerprint density at radius 3 is 2.34 bits per heavy atom. The molecular formula is C27H31F2N3O3. The molecule has 0 radical (unpaired) electrons. The van der Waals surface area contributed by atoms with E-state index in [4.69, 9.17) is 14.5 Å². The molecular weight excluding hydrogens is 452 g/mol. The highest BCUT2D eigenvalue weighted by Crippen LogP contribution is 2.37. The zero-order valence-electron chi connectivity index (χ0n) is 20.6. The maximum absolute atomic E-state index is 14.9. The molecule has 0 saturated carbocycles. The summed E-state index contributed by atoms with van der Waals surface area (Å²) in [6, 6.07) is 10.9. The van der Waals surface area contributed by atoms with E-state index in [-0.39, 0.29) is 24.6 Å². The lowest BCUT2D eigenvalue weighted by molar-refractivity contribution is -0.141. The molecule has 0 aliphatic rings. The zero-order valence-corrected chi connectivity index (χ0v) is 20.6. The Kier molecular flexibility index (Phi) is 8.73. The Morgan fingerprint density at radius 2 is 1.74 bits per heavy atom. The number of benzene rings is 2. The number of halogens is 2. The van der Waals surface area contributed by atoms with Crippen LogP contribution in [-0.2, 0) is 21.5 Å². The number of aromatic nitrogens is 2. The first-order chi connectivity index (χ1) is 16.9. The average molecular weight is 484 g/mol. The van der Waals surface area contributed by atoms with Crippen molar-refractivity contribution >= 4 is 17.5 Å². The predicted molar refractivity (Wildman–Crippen MR) is 131 cm³/mol. The molecule has 1 heterocycles. The molecule has 0 N–H and O–H groups in total. The summed E-state index contributed by atoms with van der Waals surface area (Å²) < 4.78 is 38.7. The minimum Gasteiger partial charge on any atom is -0.497 e. The van der Waals surface area contributed by atoms with Crippen LogP contribution in [0.15, 0.2) is 54.9 Å². The predicted octanol–water partition coefficient (Wildman–Crippen LogP) is 6.11. The third-order valence-electron chi connectivity index (χ3n) is 6.53. The van der Waals surface area contributed by atoms with Gasteiger partial charge in [0.15, 0.2) is 5.82 Å². The Balaban J connectivity index is 2.05. The Morgan fingerprint density at radius 1 is 1.03 bits per heavy atom. The summed E-state index contributed by atoms with van der Waals surface area (Å²) >= 11 is 0. The smallest absolute Gasteiger partial charge is 0.305 e. The van der Waals surface area contributed by atoms with Gasteiger partial charge in [-0.3, -0.25) is 9.78 Å². The van der Waals surface area contributed by atoms with Gasteiger partial charge in [0.1, 0.15) is 17.4 Å². The Bertz CT molecular complexity index is 1130. The third-order valence-corrected chi connectivity index (χ3v) is 6.53. The van der Waals surface area contributed by atoms with Crippen molar-refractivity contribution in [1.82, 2.24) is 9.97 Å². The summed E-state index contributed by atoms with van der Waals surface area (Å²) in [4.78, 5) is 22.8.